The highest BCUT2D eigenvalue weighted by atomic mass is 79.9. The van der Waals surface area contributed by atoms with Crippen LogP contribution in [0.1, 0.15) is 161 Å². The first-order valence-corrected chi connectivity index (χ1v) is 23.9. The van der Waals surface area contributed by atoms with Crippen LogP contribution in [0.5, 0.6) is 0 Å². The smallest absolute Gasteiger partial charge is 0.444 e. The number of alkyl halides is 4. The fraction of sp³-hybridized carbons (Fsp3) is 0.708. The van der Waals surface area contributed by atoms with Crippen molar-refractivity contribution in [2.75, 3.05) is 0 Å². The topological polar surface area (TPSA) is 132 Å². The SMILES string of the molecule is CC(C)(C)OC(=O)NC1(c2ccc(B3OC(C)(C)C(C)(C)O3)cc2)CC(F)(F)C1.CC(C)(C)OC(=O)NC1(c2ccc(Br)cc2)CC(F)(F)C1.CC1(C)OB(B2OC(C)(C)C(C)(C)O2)OC1(C)C. The van der Waals surface area contributed by atoms with Gasteiger partial charge in [0.15, 0.2) is 0 Å². The molecule has 0 atom stereocenters. The average molecular weight is 1030 g/mol. The molecule has 0 unspecified atom stereocenters. The largest absolute Gasteiger partial charge is 0.494 e. The van der Waals surface area contributed by atoms with Crippen LogP contribution in [0, 0.1) is 0 Å². The summed E-state index contributed by atoms with van der Waals surface area (Å²) < 4.78 is 102. The second-order valence-corrected chi connectivity index (χ2v) is 24.7. The zero-order valence-electron chi connectivity index (χ0n) is 43.2. The number of carbonyl (C=O) groups is 2. The van der Waals surface area contributed by atoms with E-state index in [2.05, 4.69) is 26.6 Å². The van der Waals surface area contributed by atoms with Crippen molar-refractivity contribution in [2.45, 2.75) is 218 Å². The van der Waals surface area contributed by atoms with E-state index in [4.69, 9.17) is 37.4 Å². The summed E-state index contributed by atoms with van der Waals surface area (Å²) >= 11 is 3.30. The molecule has 0 bridgehead atoms. The summed E-state index contributed by atoms with van der Waals surface area (Å²) in [7, 11) is -1.49. The normalized spacial score (nSPS) is 24.7. The highest BCUT2D eigenvalue weighted by molar-refractivity contribution is 9.10. The average Bonchev–Trinajstić information content (AvgIpc) is 3.58. The van der Waals surface area contributed by atoms with Gasteiger partial charge in [-0.1, -0.05) is 52.3 Å². The first-order valence-electron chi connectivity index (χ1n) is 23.2. The van der Waals surface area contributed by atoms with Crippen molar-refractivity contribution in [3.63, 3.8) is 0 Å². The van der Waals surface area contributed by atoms with E-state index in [1.54, 1.807) is 90.1 Å². The second-order valence-electron chi connectivity index (χ2n) is 23.8. The molecule has 2 saturated carbocycles. The van der Waals surface area contributed by atoms with Crippen LogP contribution in [0.4, 0.5) is 27.2 Å². The van der Waals surface area contributed by atoms with E-state index in [0.717, 1.165) is 9.94 Å². The molecule has 0 radical (unpaired) electrons. The molecule has 2 N–H and O–H groups in total. The van der Waals surface area contributed by atoms with Gasteiger partial charge < -0.3 is 48.0 Å². The van der Waals surface area contributed by atoms with Crippen molar-refractivity contribution in [3.8, 4) is 0 Å². The van der Waals surface area contributed by atoms with Crippen LogP contribution in [0.3, 0.4) is 0 Å². The highest BCUT2D eigenvalue weighted by Gasteiger charge is 2.64. The first-order chi connectivity index (χ1) is 30.4. The van der Waals surface area contributed by atoms with E-state index in [9.17, 15) is 27.2 Å². The molecular weight excluding hydrogens is 953 g/mol. The van der Waals surface area contributed by atoms with E-state index < -0.39 is 104 Å². The summed E-state index contributed by atoms with van der Waals surface area (Å²) in [5.74, 6) is -5.58. The molecule has 3 aliphatic heterocycles. The van der Waals surface area contributed by atoms with Gasteiger partial charge in [0.2, 0.25) is 0 Å². The zero-order valence-corrected chi connectivity index (χ0v) is 44.7. The Morgan fingerprint density at radius 3 is 1.03 bits per heavy atom. The Balaban J connectivity index is 0.000000197. The molecule has 20 heteroatoms. The lowest BCUT2D eigenvalue weighted by atomic mass is 9.49. The van der Waals surface area contributed by atoms with Crippen LogP contribution < -0.4 is 16.1 Å². The third kappa shape index (κ3) is 12.8. The molecule has 3 saturated heterocycles. The summed E-state index contributed by atoms with van der Waals surface area (Å²) in [5.41, 5.74) is -3.91. The van der Waals surface area contributed by atoms with Gasteiger partial charge in [-0.3, -0.25) is 0 Å². The van der Waals surface area contributed by atoms with E-state index in [-0.39, 0.29) is 22.4 Å². The predicted molar refractivity (Wildman–Crippen MR) is 259 cm³/mol. The van der Waals surface area contributed by atoms with E-state index in [1.807, 2.05) is 83.1 Å². The molecule has 2 aromatic rings. The lowest BCUT2D eigenvalue weighted by Crippen LogP contribution is -2.60. The number of nitrogens with one attached hydrogen (secondary N) is 2. The molecule has 12 nitrogen and oxygen atoms in total. The fourth-order valence-corrected chi connectivity index (χ4v) is 8.36. The Morgan fingerprint density at radius 2 is 0.765 bits per heavy atom. The Hall–Kier alpha value is -2.87. The zero-order chi connectivity index (χ0) is 51.8. The molecule has 68 heavy (non-hydrogen) atoms. The minimum absolute atomic E-state index is 0.360. The molecule has 0 aromatic heterocycles. The van der Waals surface area contributed by atoms with Crippen LogP contribution in [0.25, 0.3) is 0 Å². The van der Waals surface area contributed by atoms with E-state index in [0.29, 0.717) is 11.1 Å². The quantitative estimate of drug-likeness (QED) is 0.213. The summed E-state index contributed by atoms with van der Waals surface area (Å²) in [5, 5.41) is 5.29. The Bertz CT molecular complexity index is 2050. The van der Waals surface area contributed by atoms with Gasteiger partial charge in [0.25, 0.3) is 11.8 Å². The number of benzene rings is 2. The van der Waals surface area contributed by atoms with Gasteiger partial charge >= 0.3 is 33.3 Å². The maximum absolute atomic E-state index is 13.8. The third-order valence-electron chi connectivity index (χ3n) is 13.9. The molecule has 5 aliphatic rings. The summed E-state index contributed by atoms with van der Waals surface area (Å²) in [4.78, 5) is 24.2. The molecular formula is C48H72B3BrF4N2O10. The van der Waals surface area contributed by atoms with Crippen LogP contribution in [-0.4, -0.2) is 90.0 Å². The fourth-order valence-electron chi connectivity index (χ4n) is 8.10. The Labute approximate surface area is 410 Å². The molecule has 5 fully saturated rings. The van der Waals surface area contributed by atoms with Gasteiger partial charge in [-0.25, -0.2) is 27.2 Å². The maximum atomic E-state index is 13.8. The monoisotopic (exact) mass is 1020 g/mol. The highest BCUT2D eigenvalue weighted by Crippen LogP contribution is 2.53. The predicted octanol–water partition coefficient (Wildman–Crippen LogP) is 11.0. The third-order valence-corrected chi connectivity index (χ3v) is 14.4. The van der Waals surface area contributed by atoms with Crippen LogP contribution >= 0.6 is 15.9 Å². The van der Waals surface area contributed by atoms with E-state index in [1.165, 1.54) is 0 Å². The van der Waals surface area contributed by atoms with Crippen LogP contribution in [0.2, 0.25) is 0 Å². The van der Waals surface area contributed by atoms with E-state index >= 15 is 0 Å². The number of hydrogen-bond donors (Lipinski definition) is 2. The summed E-state index contributed by atoms with van der Waals surface area (Å²) in [6.45, 7) is 34.5. The Morgan fingerprint density at radius 1 is 0.500 bits per heavy atom. The van der Waals surface area contributed by atoms with Gasteiger partial charge in [-0.15, -0.1) is 0 Å². The molecule has 378 valence electrons. The number of rotatable bonds is 6. The number of alkyl carbamates (subject to hydrolysis) is 2. The van der Waals surface area contributed by atoms with Gasteiger partial charge in [-0.2, -0.15) is 0 Å². The van der Waals surface area contributed by atoms with Crippen molar-refractivity contribution in [2.24, 2.45) is 0 Å². The van der Waals surface area contributed by atoms with Gasteiger partial charge in [-0.05, 0) is 153 Å². The molecule has 7 rings (SSSR count). The second kappa shape index (κ2) is 18.3. The van der Waals surface area contributed by atoms with Crippen LogP contribution in [0.15, 0.2) is 53.0 Å². The maximum Gasteiger partial charge on any atom is 0.494 e. The number of halogens is 5. The van der Waals surface area contributed by atoms with Crippen molar-refractivity contribution < 1.29 is 64.6 Å². The van der Waals surface area contributed by atoms with Gasteiger partial charge in [0.1, 0.15) is 11.2 Å². The minimum atomic E-state index is -2.82. The van der Waals surface area contributed by atoms with Crippen molar-refractivity contribution in [1.82, 2.24) is 10.6 Å². The van der Waals surface area contributed by atoms with Crippen LogP contribution in [-0.2, 0) is 48.5 Å². The number of hydrogen-bond acceptors (Lipinski definition) is 10. The number of carbonyl (C=O) groups excluding carboxylic acids is 2. The van der Waals surface area contributed by atoms with Gasteiger partial charge in [0, 0.05) is 30.2 Å². The van der Waals surface area contributed by atoms with Gasteiger partial charge in [0.05, 0.1) is 44.7 Å². The summed E-state index contributed by atoms with van der Waals surface area (Å²) in [6, 6.07) is 14.1. The molecule has 2 aliphatic carbocycles. The summed E-state index contributed by atoms with van der Waals surface area (Å²) in [6.07, 6.45) is -3.14. The molecule has 3 heterocycles. The van der Waals surface area contributed by atoms with Crippen molar-refractivity contribution >= 4 is 54.7 Å². The lowest BCUT2D eigenvalue weighted by Gasteiger charge is -2.48. The number of ether oxygens (including phenoxy) is 2. The molecule has 0 spiro atoms. The lowest BCUT2D eigenvalue weighted by molar-refractivity contribution is -0.137. The molecule has 2 amide bonds. The molecule has 2 aromatic carbocycles. The Kier molecular flexibility index (Phi) is 15.1. The first kappa shape index (κ1) is 56.1. The van der Waals surface area contributed by atoms with Crippen molar-refractivity contribution in [3.05, 3.63) is 64.1 Å². The number of amides is 2. The minimum Gasteiger partial charge on any atom is -0.444 e. The standard InChI is InChI=1S/C21H30BF2NO4.C15H18BrF2NO2.C12H24B2O4/c1-17(2,3)27-16(26)25-20(12-21(23,24)13-20)14-8-10-15(11-9-14)22-28-18(4,5)19(6,7)29-22;1-13(2,3)21-12(20)19-14(8-15(17,18)9-14)10-4-6-11(16)7-5-10;1-9(2)10(3,4)16-13(15-9)14-17-11(5,6)12(7,8)18-14/h8-11H,12-13H2,1-7H3,(H,25,26);4-7H,8-9H2,1-3H3,(H,19,20);1-8H3. The van der Waals surface area contributed by atoms with Crippen molar-refractivity contribution in [1.29, 1.82) is 0 Å².